The molecule has 0 radical (unpaired) electrons. The van der Waals surface area contributed by atoms with Crippen molar-refractivity contribution in [2.45, 2.75) is 11.8 Å². The summed E-state index contributed by atoms with van der Waals surface area (Å²) in [5.41, 5.74) is 5.44. The second-order valence-electron chi connectivity index (χ2n) is 1.28. The molecule has 2 N–H and O–H groups in total. The topological polar surface area (TPSA) is 26.0 Å². The van der Waals surface area contributed by atoms with E-state index in [0.717, 1.165) is 6.42 Å². The van der Waals surface area contributed by atoms with Gasteiger partial charge in [0.25, 0.3) is 0 Å². The van der Waals surface area contributed by atoms with E-state index in [1.54, 1.807) is 11.8 Å². The Morgan fingerprint density at radius 2 is 2.67 bits per heavy atom. The van der Waals surface area contributed by atoms with Crippen LogP contribution in [0.3, 0.4) is 0 Å². The molecule has 0 unspecified atom stereocenters. The zero-order valence-corrected chi connectivity index (χ0v) is 4.24. The summed E-state index contributed by atoms with van der Waals surface area (Å²) in [4.78, 5) is 0. The summed E-state index contributed by atoms with van der Waals surface area (Å²) >= 11 is 1.69. The van der Waals surface area contributed by atoms with E-state index >= 15 is 0 Å². The normalized spacial score (nSPS) is 31.8. The van der Waals surface area contributed by atoms with E-state index in [9.17, 15) is 0 Å². The lowest BCUT2D eigenvalue weighted by atomic mass is 10.4. The Labute approximate surface area is 41.6 Å². The minimum atomic E-state index is 0.352. The van der Waals surface area contributed by atoms with Crippen molar-refractivity contribution in [3.8, 4) is 0 Å². The second kappa shape index (κ2) is 1.67. The maximum Gasteiger partial charge on any atom is 0.0583 e. The van der Waals surface area contributed by atoms with Gasteiger partial charge in [-0.05, 0) is 11.8 Å². The average Bonchev–Trinajstić information content (AvgIpc) is 1.86. The first-order valence-electron chi connectivity index (χ1n) is 1.95. The van der Waals surface area contributed by atoms with Gasteiger partial charge in [0.05, 0.1) is 5.37 Å². The molecular weight excluding hydrogens is 94.1 g/mol. The molecule has 0 saturated heterocycles. The monoisotopic (exact) mass is 101 g/mol. The van der Waals surface area contributed by atoms with Gasteiger partial charge >= 0.3 is 0 Å². The molecule has 0 aromatic rings. The molecule has 0 aromatic carbocycles. The average molecular weight is 101 g/mol. The maximum absolute atomic E-state index is 5.44. The zero-order chi connectivity index (χ0) is 4.41. The van der Waals surface area contributed by atoms with Crippen molar-refractivity contribution in [1.29, 1.82) is 0 Å². The molecule has 1 rings (SSSR count). The summed E-state index contributed by atoms with van der Waals surface area (Å²) < 4.78 is 0. The van der Waals surface area contributed by atoms with E-state index in [1.165, 1.54) is 0 Å². The fraction of sp³-hybridized carbons (Fsp3) is 0.500. The van der Waals surface area contributed by atoms with Gasteiger partial charge in [0.2, 0.25) is 0 Å². The molecule has 1 heterocycles. The third kappa shape index (κ3) is 0.758. The van der Waals surface area contributed by atoms with E-state index in [2.05, 4.69) is 6.08 Å². The van der Waals surface area contributed by atoms with E-state index in [-0.39, 0.29) is 0 Å². The number of thioether (sulfide) groups is 1. The summed E-state index contributed by atoms with van der Waals surface area (Å²) in [7, 11) is 0. The van der Waals surface area contributed by atoms with Crippen molar-refractivity contribution in [3.05, 3.63) is 11.5 Å². The van der Waals surface area contributed by atoms with Gasteiger partial charge in [-0.3, -0.25) is 0 Å². The summed E-state index contributed by atoms with van der Waals surface area (Å²) in [6.07, 6.45) is 3.14. The quantitative estimate of drug-likeness (QED) is 0.491. The van der Waals surface area contributed by atoms with Crippen molar-refractivity contribution in [1.82, 2.24) is 0 Å². The Morgan fingerprint density at radius 1 is 1.83 bits per heavy atom. The predicted octanol–water partition coefficient (Wildman–Crippen LogP) is 0.922. The fourth-order valence-corrected chi connectivity index (χ4v) is 1.05. The largest absolute Gasteiger partial charge is 0.319 e. The number of nitrogens with two attached hydrogens (primary N) is 1. The third-order valence-corrected chi connectivity index (χ3v) is 1.61. The van der Waals surface area contributed by atoms with Crippen LogP contribution < -0.4 is 5.73 Å². The highest BCUT2D eigenvalue weighted by atomic mass is 32.2. The minimum Gasteiger partial charge on any atom is -0.319 e. The van der Waals surface area contributed by atoms with Gasteiger partial charge in [0.1, 0.15) is 0 Å². The molecule has 2 heteroatoms. The predicted molar refractivity (Wildman–Crippen MR) is 29.3 cm³/mol. The fourth-order valence-electron chi connectivity index (χ4n) is 0.402. The van der Waals surface area contributed by atoms with E-state index in [4.69, 9.17) is 5.73 Å². The van der Waals surface area contributed by atoms with E-state index in [1.807, 2.05) is 5.41 Å². The van der Waals surface area contributed by atoms with Gasteiger partial charge in [-0.1, -0.05) is 6.08 Å². The minimum absolute atomic E-state index is 0.352. The Hall–Kier alpha value is 0.0500. The van der Waals surface area contributed by atoms with Crippen LogP contribution in [0.15, 0.2) is 11.5 Å². The van der Waals surface area contributed by atoms with E-state index in [0.29, 0.717) is 5.37 Å². The van der Waals surface area contributed by atoms with E-state index < -0.39 is 0 Å². The lowest BCUT2D eigenvalue weighted by Gasteiger charge is -1.92. The maximum atomic E-state index is 5.44. The van der Waals surface area contributed by atoms with Crippen LogP contribution in [0.4, 0.5) is 0 Å². The third-order valence-electron chi connectivity index (χ3n) is 0.718. The van der Waals surface area contributed by atoms with Crippen molar-refractivity contribution in [2.75, 3.05) is 0 Å². The van der Waals surface area contributed by atoms with Crippen molar-refractivity contribution >= 4 is 11.8 Å². The Balaban J connectivity index is 2.32. The molecule has 1 aliphatic heterocycles. The first-order valence-corrected chi connectivity index (χ1v) is 2.90. The van der Waals surface area contributed by atoms with Crippen LogP contribution in [-0.4, -0.2) is 5.37 Å². The summed E-state index contributed by atoms with van der Waals surface area (Å²) in [6.45, 7) is 0. The van der Waals surface area contributed by atoms with Gasteiger partial charge in [-0.25, -0.2) is 0 Å². The Kier molecular flexibility index (Phi) is 1.17. The molecular formula is C4H7NS. The molecule has 0 bridgehead atoms. The standard InChI is InChI=1S/C4H7NS/c5-4-2-1-3-6-4/h1,3-4H,2,5H2/t4-/m0/s1. The molecule has 1 aliphatic rings. The molecule has 0 saturated carbocycles. The second-order valence-corrected chi connectivity index (χ2v) is 2.43. The summed E-state index contributed by atoms with van der Waals surface area (Å²) in [5, 5.41) is 2.40. The number of hydrogen-bond acceptors (Lipinski definition) is 2. The van der Waals surface area contributed by atoms with Crippen LogP contribution >= 0.6 is 11.8 Å². The zero-order valence-electron chi connectivity index (χ0n) is 3.42. The molecule has 0 aromatic heterocycles. The highest BCUT2D eigenvalue weighted by Crippen LogP contribution is 2.18. The summed E-state index contributed by atoms with van der Waals surface area (Å²) in [6, 6.07) is 0. The molecule has 0 amide bonds. The van der Waals surface area contributed by atoms with Crippen LogP contribution in [0.25, 0.3) is 0 Å². The highest BCUT2D eigenvalue weighted by Gasteiger charge is 2.00. The van der Waals surface area contributed by atoms with Crippen LogP contribution in [0.2, 0.25) is 0 Å². The lowest BCUT2D eigenvalue weighted by Crippen LogP contribution is -2.09. The van der Waals surface area contributed by atoms with Gasteiger partial charge in [0.15, 0.2) is 0 Å². The highest BCUT2D eigenvalue weighted by molar-refractivity contribution is 8.02. The van der Waals surface area contributed by atoms with Crippen molar-refractivity contribution in [2.24, 2.45) is 5.73 Å². The molecule has 1 nitrogen and oxygen atoms in total. The van der Waals surface area contributed by atoms with Gasteiger partial charge in [-0.2, -0.15) is 0 Å². The van der Waals surface area contributed by atoms with Gasteiger partial charge in [-0.15, -0.1) is 11.8 Å². The summed E-state index contributed by atoms with van der Waals surface area (Å²) in [5.74, 6) is 0. The first-order chi connectivity index (χ1) is 2.89. The Bertz CT molecular complexity index is 61.9. The van der Waals surface area contributed by atoms with Crippen LogP contribution in [-0.2, 0) is 0 Å². The molecule has 0 spiro atoms. The van der Waals surface area contributed by atoms with Gasteiger partial charge in [0, 0.05) is 0 Å². The van der Waals surface area contributed by atoms with Crippen molar-refractivity contribution in [3.63, 3.8) is 0 Å². The van der Waals surface area contributed by atoms with Crippen LogP contribution in [0.1, 0.15) is 6.42 Å². The van der Waals surface area contributed by atoms with Crippen LogP contribution in [0, 0.1) is 0 Å². The lowest BCUT2D eigenvalue weighted by molar-refractivity contribution is 0.953. The molecule has 0 fully saturated rings. The Morgan fingerprint density at radius 3 is 2.83 bits per heavy atom. The molecule has 34 valence electrons. The van der Waals surface area contributed by atoms with Gasteiger partial charge < -0.3 is 5.73 Å². The SMILES string of the molecule is N[C@@H]1CC=CS1. The molecule has 1 atom stereocenters. The molecule has 6 heavy (non-hydrogen) atoms. The molecule has 0 aliphatic carbocycles. The number of rotatable bonds is 0. The van der Waals surface area contributed by atoms with Crippen molar-refractivity contribution < 1.29 is 0 Å². The number of hydrogen-bond donors (Lipinski definition) is 1. The van der Waals surface area contributed by atoms with Crippen LogP contribution in [0.5, 0.6) is 0 Å². The first kappa shape index (κ1) is 4.22. The smallest absolute Gasteiger partial charge is 0.0583 e.